The van der Waals surface area contributed by atoms with Crippen LogP contribution in [0.2, 0.25) is 0 Å². The van der Waals surface area contributed by atoms with E-state index in [4.69, 9.17) is 4.42 Å². The summed E-state index contributed by atoms with van der Waals surface area (Å²) in [6.45, 7) is 4.57. The lowest BCUT2D eigenvalue weighted by Gasteiger charge is -2.16. The van der Waals surface area contributed by atoms with Crippen LogP contribution < -0.4 is 5.32 Å². The zero-order valence-electron chi connectivity index (χ0n) is 12.9. The number of aliphatic hydroxyl groups excluding tert-OH is 1. The highest BCUT2D eigenvalue weighted by atomic mass is 16.3. The molecule has 1 heterocycles. The van der Waals surface area contributed by atoms with Crippen molar-refractivity contribution in [2.24, 2.45) is 0 Å². The predicted molar refractivity (Wildman–Crippen MR) is 82.6 cm³/mol. The maximum atomic E-state index is 12.2. The van der Waals surface area contributed by atoms with Gasteiger partial charge in [-0.05, 0) is 40.1 Å². The molecule has 2 aromatic rings. The third-order valence-electron chi connectivity index (χ3n) is 3.37. The average Bonchev–Trinajstić information content (AvgIpc) is 2.73. The Morgan fingerprint density at radius 1 is 1.38 bits per heavy atom. The molecule has 5 nitrogen and oxygen atoms in total. The number of amides is 1. The van der Waals surface area contributed by atoms with Crippen molar-refractivity contribution < 1.29 is 14.3 Å². The Bertz CT molecular complexity index is 646. The number of hydrogen-bond acceptors (Lipinski definition) is 4. The van der Waals surface area contributed by atoms with Gasteiger partial charge in [-0.2, -0.15) is 0 Å². The van der Waals surface area contributed by atoms with Crippen LogP contribution in [0.1, 0.15) is 21.7 Å². The maximum Gasteiger partial charge on any atom is 0.287 e. The van der Waals surface area contributed by atoms with Crippen LogP contribution in [0.25, 0.3) is 11.0 Å². The van der Waals surface area contributed by atoms with Crippen molar-refractivity contribution in [2.45, 2.75) is 20.0 Å². The number of carbonyl (C=O) groups is 1. The molecule has 0 bridgehead atoms. The minimum absolute atomic E-state index is 0.201. The summed E-state index contributed by atoms with van der Waals surface area (Å²) in [5, 5.41) is 13.4. The van der Waals surface area contributed by atoms with Crippen molar-refractivity contribution in [1.82, 2.24) is 10.2 Å². The topological polar surface area (TPSA) is 65.7 Å². The lowest BCUT2D eigenvalue weighted by Crippen LogP contribution is -2.37. The molecule has 21 heavy (non-hydrogen) atoms. The largest absolute Gasteiger partial charge is 0.451 e. The highest BCUT2D eigenvalue weighted by molar-refractivity contribution is 5.99. The normalized spacial score (nSPS) is 12.9. The van der Waals surface area contributed by atoms with E-state index in [1.165, 1.54) is 0 Å². The fourth-order valence-electron chi connectivity index (χ4n) is 2.33. The van der Waals surface area contributed by atoms with Crippen molar-refractivity contribution >= 4 is 16.9 Å². The van der Waals surface area contributed by atoms with Crippen LogP contribution in [0.5, 0.6) is 0 Å². The van der Waals surface area contributed by atoms with Gasteiger partial charge in [0.1, 0.15) is 5.58 Å². The molecular formula is C16H22N2O3. The van der Waals surface area contributed by atoms with Crippen molar-refractivity contribution in [3.63, 3.8) is 0 Å². The van der Waals surface area contributed by atoms with E-state index in [1.54, 1.807) is 0 Å². The summed E-state index contributed by atoms with van der Waals surface area (Å²) in [5.41, 5.74) is 2.66. The second-order valence-corrected chi connectivity index (χ2v) is 5.68. The summed E-state index contributed by atoms with van der Waals surface area (Å²) in [7, 11) is 3.74. The van der Waals surface area contributed by atoms with Crippen molar-refractivity contribution in [2.75, 3.05) is 27.2 Å². The van der Waals surface area contributed by atoms with E-state index in [2.05, 4.69) is 5.32 Å². The summed E-state index contributed by atoms with van der Waals surface area (Å²) in [6.07, 6.45) is -0.601. The predicted octanol–water partition coefficient (Wildman–Crippen LogP) is 1.70. The molecule has 0 radical (unpaired) electrons. The Labute approximate surface area is 124 Å². The number of hydrogen-bond donors (Lipinski definition) is 2. The Kier molecular flexibility index (Phi) is 4.65. The molecule has 0 spiro atoms. The number of aryl methyl sites for hydroxylation is 2. The summed E-state index contributed by atoms with van der Waals surface area (Å²) in [5.74, 6) is 0.0202. The van der Waals surface area contributed by atoms with Crippen LogP contribution >= 0.6 is 0 Å². The molecule has 0 aliphatic rings. The molecular weight excluding hydrogens is 268 g/mol. The van der Waals surface area contributed by atoms with Gasteiger partial charge in [0.25, 0.3) is 5.91 Å². The number of furan rings is 1. The number of fused-ring (bicyclic) bond motifs is 1. The monoisotopic (exact) mass is 290 g/mol. The van der Waals surface area contributed by atoms with Gasteiger partial charge < -0.3 is 19.7 Å². The van der Waals surface area contributed by atoms with Crippen molar-refractivity contribution in [3.8, 4) is 0 Å². The van der Waals surface area contributed by atoms with Crippen LogP contribution in [-0.2, 0) is 0 Å². The quantitative estimate of drug-likeness (QED) is 0.879. The molecule has 1 unspecified atom stereocenters. The molecule has 0 aliphatic heterocycles. The first kappa shape index (κ1) is 15.5. The molecule has 2 rings (SSSR count). The van der Waals surface area contributed by atoms with Gasteiger partial charge in [0, 0.05) is 24.0 Å². The number of carbonyl (C=O) groups excluding carboxylic acids is 1. The van der Waals surface area contributed by atoms with E-state index < -0.39 is 6.10 Å². The number of nitrogens with one attached hydrogen (secondary N) is 1. The van der Waals surface area contributed by atoms with Crippen molar-refractivity contribution in [1.29, 1.82) is 0 Å². The fourth-order valence-corrected chi connectivity index (χ4v) is 2.33. The molecule has 0 saturated heterocycles. The fraction of sp³-hybridized carbons (Fsp3) is 0.438. The highest BCUT2D eigenvalue weighted by Crippen LogP contribution is 2.26. The molecule has 0 saturated carbocycles. The Morgan fingerprint density at radius 3 is 2.76 bits per heavy atom. The minimum Gasteiger partial charge on any atom is -0.451 e. The Balaban J connectivity index is 2.11. The number of nitrogens with zero attached hydrogens (tertiary/aromatic N) is 1. The average molecular weight is 290 g/mol. The first-order valence-electron chi connectivity index (χ1n) is 6.99. The third kappa shape index (κ3) is 3.62. The maximum absolute atomic E-state index is 12.2. The second kappa shape index (κ2) is 6.28. The number of rotatable bonds is 5. The van der Waals surface area contributed by atoms with Crippen LogP contribution in [-0.4, -0.2) is 49.2 Å². The highest BCUT2D eigenvalue weighted by Gasteiger charge is 2.18. The molecule has 0 fully saturated rings. The number of aliphatic hydroxyl groups is 1. The van der Waals surface area contributed by atoms with E-state index in [-0.39, 0.29) is 12.5 Å². The van der Waals surface area contributed by atoms with Gasteiger partial charge in [-0.3, -0.25) is 4.79 Å². The zero-order chi connectivity index (χ0) is 15.6. The summed E-state index contributed by atoms with van der Waals surface area (Å²) in [4.78, 5) is 14.0. The van der Waals surface area contributed by atoms with Crippen LogP contribution in [0, 0.1) is 13.8 Å². The molecule has 1 amide bonds. The summed E-state index contributed by atoms with van der Waals surface area (Å²) >= 11 is 0. The van der Waals surface area contributed by atoms with Gasteiger partial charge in [0.2, 0.25) is 0 Å². The SMILES string of the molecule is Cc1ccc2oc(C(=O)NCC(O)CN(C)C)c(C)c2c1. The van der Waals surface area contributed by atoms with Crippen LogP contribution in [0.3, 0.4) is 0 Å². The van der Waals surface area contributed by atoms with Crippen LogP contribution in [0.4, 0.5) is 0 Å². The van der Waals surface area contributed by atoms with Crippen LogP contribution in [0.15, 0.2) is 22.6 Å². The first-order valence-corrected chi connectivity index (χ1v) is 6.99. The summed E-state index contributed by atoms with van der Waals surface area (Å²) < 4.78 is 5.62. The van der Waals surface area contributed by atoms with E-state index in [0.29, 0.717) is 17.9 Å². The van der Waals surface area contributed by atoms with Gasteiger partial charge in [-0.1, -0.05) is 11.6 Å². The Hall–Kier alpha value is -1.85. The van der Waals surface area contributed by atoms with E-state index in [0.717, 1.165) is 16.5 Å². The zero-order valence-corrected chi connectivity index (χ0v) is 12.9. The molecule has 2 N–H and O–H groups in total. The smallest absolute Gasteiger partial charge is 0.287 e. The minimum atomic E-state index is -0.601. The Morgan fingerprint density at radius 2 is 2.10 bits per heavy atom. The number of likely N-dealkylation sites (N-methyl/N-ethyl adjacent to an activating group) is 1. The van der Waals surface area contributed by atoms with Gasteiger partial charge in [0.15, 0.2) is 5.76 Å². The second-order valence-electron chi connectivity index (χ2n) is 5.68. The van der Waals surface area contributed by atoms with Crippen molar-refractivity contribution in [3.05, 3.63) is 35.1 Å². The van der Waals surface area contributed by atoms with E-state index in [9.17, 15) is 9.90 Å². The van der Waals surface area contributed by atoms with Gasteiger partial charge in [-0.15, -0.1) is 0 Å². The molecule has 5 heteroatoms. The van der Waals surface area contributed by atoms with E-state index >= 15 is 0 Å². The molecule has 114 valence electrons. The lowest BCUT2D eigenvalue weighted by atomic mass is 10.1. The molecule has 1 aromatic carbocycles. The molecule has 1 aromatic heterocycles. The van der Waals surface area contributed by atoms with E-state index in [1.807, 2.05) is 51.0 Å². The molecule has 0 aliphatic carbocycles. The number of benzene rings is 1. The summed E-state index contributed by atoms with van der Waals surface area (Å²) in [6, 6.07) is 5.83. The molecule has 1 atom stereocenters. The van der Waals surface area contributed by atoms with Gasteiger partial charge >= 0.3 is 0 Å². The van der Waals surface area contributed by atoms with Gasteiger partial charge in [-0.25, -0.2) is 0 Å². The first-order chi connectivity index (χ1) is 9.88. The standard InChI is InChI=1S/C16H22N2O3/c1-10-5-6-14-13(7-10)11(2)15(21-14)16(20)17-8-12(19)9-18(3)4/h5-7,12,19H,8-9H2,1-4H3,(H,17,20). The van der Waals surface area contributed by atoms with Gasteiger partial charge in [0.05, 0.1) is 6.10 Å². The lowest BCUT2D eigenvalue weighted by molar-refractivity contribution is 0.0867. The third-order valence-corrected chi connectivity index (χ3v) is 3.37.